The Morgan fingerprint density at radius 2 is 2.18 bits per heavy atom. The Morgan fingerprint density at radius 1 is 1.35 bits per heavy atom. The smallest absolute Gasteiger partial charge is 0.268 e. The van der Waals surface area contributed by atoms with Crippen LogP contribution in [0.25, 0.3) is 0 Å². The van der Waals surface area contributed by atoms with Gasteiger partial charge in [-0.3, -0.25) is 4.79 Å². The van der Waals surface area contributed by atoms with Crippen molar-refractivity contribution in [1.82, 2.24) is 9.97 Å². The Morgan fingerprint density at radius 3 is 2.94 bits per heavy atom. The van der Waals surface area contributed by atoms with Gasteiger partial charge in [0.15, 0.2) is 0 Å². The number of halogens is 1. The molecule has 1 heterocycles. The average molecular weight is 307 g/mol. The second kappa shape index (κ2) is 8.21. The van der Waals surface area contributed by atoms with E-state index in [1.165, 1.54) is 6.33 Å². The number of hydrogen-bond acceptors (Lipinski definition) is 5. The van der Waals surface area contributed by atoms with Crippen LogP contribution in [0.3, 0.4) is 0 Å². The lowest BCUT2D eigenvalue weighted by molar-refractivity contribution is 0.0641. The standard InChI is InChI=1S/C10H15BrN2O4/c1-15-5-6-16-3-2-4-17-10-8(11)9(14)12-7-13-10/h7H,2-6H2,1H3,(H,12,13,14). The molecule has 0 atom stereocenters. The van der Waals surface area contributed by atoms with E-state index in [1.54, 1.807) is 7.11 Å². The van der Waals surface area contributed by atoms with E-state index in [2.05, 4.69) is 25.9 Å². The van der Waals surface area contributed by atoms with Crippen molar-refractivity contribution in [2.45, 2.75) is 6.42 Å². The summed E-state index contributed by atoms with van der Waals surface area (Å²) in [7, 11) is 1.63. The van der Waals surface area contributed by atoms with Gasteiger partial charge >= 0.3 is 0 Å². The van der Waals surface area contributed by atoms with E-state index >= 15 is 0 Å². The average Bonchev–Trinajstić information content (AvgIpc) is 2.33. The molecule has 0 aliphatic heterocycles. The van der Waals surface area contributed by atoms with Crippen LogP contribution in [0, 0.1) is 0 Å². The number of hydrogen-bond donors (Lipinski definition) is 1. The molecule has 0 aliphatic carbocycles. The Hall–Kier alpha value is -0.920. The van der Waals surface area contributed by atoms with Crippen LogP contribution in [0.1, 0.15) is 6.42 Å². The topological polar surface area (TPSA) is 73.4 Å². The number of ether oxygens (including phenoxy) is 3. The van der Waals surface area contributed by atoms with Crippen LogP contribution in [0.5, 0.6) is 5.88 Å². The van der Waals surface area contributed by atoms with E-state index in [0.717, 1.165) is 6.42 Å². The molecule has 6 nitrogen and oxygen atoms in total. The van der Waals surface area contributed by atoms with Gasteiger partial charge in [-0.15, -0.1) is 0 Å². The third kappa shape index (κ3) is 5.29. The second-order valence-electron chi connectivity index (χ2n) is 3.16. The van der Waals surface area contributed by atoms with Crippen LogP contribution in [0.4, 0.5) is 0 Å². The van der Waals surface area contributed by atoms with Gasteiger partial charge in [0.2, 0.25) is 5.88 Å². The van der Waals surface area contributed by atoms with Gasteiger partial charge in [0.05, 0.1) is 26.1 Å². The zero-order valence-corrected chi connectivity index (χ0v) is 11.2. The van der Waals surface area contributed by atoms with E-state index in [1.807, 2.05) is 0 Å². The summed E-state index contributed by atoms with van der Waals surface area (Å²) in [6, 6.07) is 0. The van der Waals surface area contributed by atoms with Gasteiger partial charge in [0.1, 0.15) is 4.47 Å². The summed E-state index contributed by atoms with van der Waals surface area (Å²) in [5, 5.41) is 0. The molecule has 0 aliphatic rings. The lowest BCUT2D eigenvalue weighted by Crippen LogP contribution is -2.12. The van der Waals surface area contributed by atoms with Crippen LogP contribution < -0.4 is 10.3 Å². The fourth-order valence-electron chi connectivity index (χ4n) is 1.04. The quantitative estimate of drug-likeness (QED) is 0.724. The molecule has 1 aromatic rings. The predicted molar refractivity (Wildman–Crippen MR) is 65.4 cm³/mol. The molecule has 0 aromatic carbocycles. The Bertz CT molecular complexity index is 383. The summed E-state index contributed by atoms with van der Waals surface area (Å²) >= 11 is 3.10. The van der Waals surface area contributed by atoms with Crippen molar-refractivity contribution >= 4 is 15.9 Å². The number of nitrogens with one attached hydrogen (secondary N) is 1. The minimum atomic E-state index is -0.258. The van der Waals surface area contributed by atoms with E-state index in [0.29, 0.717) is 36.8 Å². The van der Waals surface area contributed by atoms with Crippen molar-refractivity contribution < 1.29 is 14.2 Å². The third-order valence-electron chi connectivity index (χ3n) is 1.87. The van der Waals surface area contributed by atoms with E-state index in [4.69, 9.17) is 14.2 Å². The summed E-state index contributed by atoms with van der Waals surface area (Å²) in [6.07, 6.45) is 2.03. The highest BCUT2D eigenvalue weighted by molar-refractivity contribution is 9.10. The van der Waals surface area contributed by atoms with Crippen LogP contribution in [0.15, 0.2) is 15.6 Å². The summed E-state index contributed by atoms with van der Waals surface area (Å²) in [5.74, 6) is 0.297. The molecular formula is C10H15BrN2O4. The van der Waals surface area contributed by atoms with E-state index in [-0.39, 0.29) is 5.56 Å². The van der Waals surface area contributed by atoms with Crippen molar-refractivity contribution in [3.05, 3.63) is 21.2 Å². The van der Waals surface area contributed by atoms with Gasteiger partial charge in [-0.05, 0) is 15.9 Å². The molecule has 17 heavy (non-hydrogen) atoms. The molecule has 0 fully saturated rings. The van der Waals surface area contributed by atoms with Crippen molar-refractivity contribution in [2.24, 2.45) is 0 Å². The van der Waals surface area contributed by atoms with Crippen molar-refractivity contribution in [3.63, 3.8) is 0 Å². The summed E-state index contributed by atoms with van der Waals surface area (Å²) in [6.45, 7) is 2.19. The van der Waals surface area contributed by atoms with Crippen molar-refractivity contribution in [1.29, 1.82) is 0 Å². The van der Waals surface area contributed by atoms with Gasteiger partial charge in [0, 0.05) is 20.1 Å². The first-order chi connectivity index (χ1) is 8.25. The maximum absolute atomic E-state index is 11.2. The number of H-pyrrole nitrogens is 1. The summed E-state index contributed by atoms with van der Waals surface area (Å²) in [4.78, 5) is 17.5. The lowest BCUT2D eigenvalue weighted by atomic mass is 10.5. The second-order valence-corrected chi connectivity index (χ2v) is 3.95. The fraction of sp³-hybridized carbons (Fsp3) is 0.600. The monoisotopic (exact) mass is 306 g/mol. The number of aromatic amines is 1. The van der Waals surface area contributed by atoms with E-state index in [9.17, 15) is 4.79 Å². The normalized spacial score (nSPS) is 10.5. The molecule has 0 bridgehead atoms. The number of aromatic nitrogens is 2. The first-order valence-corrected chi connectivity index (χ1v) is 5.97. The molecule has 0 saturated carbocycles. The summed E-state index contributed by atoms with van der Waals surface area (Å²) < 4.78 is 15.7. The minimum Gasteiger partial charge on any atom is -0.477 e. The van der Waals surface area contributed by atoms with Crippen molar-refractivity contribution in [3.8, 4) is 5.88 Å². The summed E-state index contributed by atoms with van der Waals surface area (Å²) in [5.41, 5.74) is -0.258. The molecule has 1 N–H and O–H groups in total. The fourth-order valence-corrected chi connectivity index (χ4v) is 1.37. The van der Waals surface area contributed by atoms with Gasteiger partial charge in [-0.25, -0.2) is 4.98 Å². The first kappa shape index (κ1) is 14.1. The third-order valence-corrected chi connectivity index (χ3v) is 2.57. The Labute approximate surface area is 107 Å². The SMILES string of the molecule is COCCOCCCOc1nc[nH]c(=O)c1Br. The van der Waals surface area contributed by atoms with Crippen molar-refractivity contribution in [2.75, 3.05) is 33.5 Å². The highest BCUT2D eigenvalue weighted by atomic mass is 79.9. The Balaban J connectivity index is 2.18. The molecule has 1 aromatic heterocycles. The molecule has 96 valence electrons. The minimum absolute atomic E-state index is 0.258. The highest BCUT2D eigenvalue weighted by Gasteiger charge is 2.05. The molecule has 7 heteroatoms. The molecule has 1 rings (SSSR count). The number of rotatable bonds is 8. The Kier molecular flexibility index (Phi) is 6.83. The predicted octanol–water partition coefficient (Wildman–Crippen LogP) is 0.964. The molecule has 0 amide bonds. The zero-order chi connectivity index (χ0) is 12.5. The van der Waals surface area contributed by atoms with Gasteiger partial charge in [-0.2, -0.15) is 0 Å². The number of nitrogens with zero attached hydrogens (tertiary/aromatic N) is 1. The molecule has 0 spiro atoms. The molecule has 0 radical (unpaired) electrons. The maximum Gasteiger partial charge on any atom is 0.268 e. The first-order valence-electron chi connectivity index (χ1n) is 5.18. The molecule has 0 saturated heterocycles. The van der Waals surface area contributed by atoms with E-state index < -0.39 is 0 Å². The molecule has 0 unspecified atom stereocenters. The van der Waals surface area contributed by atoms with Gasteiger partial charge < -0.3 is 19.2 Å². The lowest BCUT2D eigenvalue weighted by Gasteiger charge is -2.06. The van der Waals surface area contributed by atoms with Gasteiger partial charge in [-0.1, -0.05) is 0 Å². The zero-order valence-electron chi connectivity index (χ0n) is 9.57. The van der Waals surface area contributed by atoms with Crippen LogP contribution in [0.2, 0.25) is 0 Å². The van der Waals surface area contributed by atoms with Crippen LogP contribution in [-0.2, 0) is 9.47 Å². The highest BCUT2D eigenvalue weighted by Crippen LogP contribution is 2.15. The molecular weight excluding hydrogens is 292 g/mol. The maximum atomic E-state index is 11.2. The van der Waals surface area contributed by atoms with Gasteiger partial charge in [0.25, 0.3) is 5.56 Å². The number of methoxy groups -OCH3 is 1. The van der Waals surface area contributed by atoms with Crippen LogP contribution >= 0.6 is 15.9 Å². The largest absolute Gasteiger partial charge is 0.477 e. The van der Waals surface area contributed by atoms with Crippen LogP contribution in [-0.4, -0.2) is 43.5 Å².